The molecule has 6 heteroatoms. The number of aliphatic hydroxyl groups excluding tert-OH is 1. The number of imidazole rings is 1. The highest BCUT2D eigenvalue weighted by Crippen LogP contribution is 2.21. The van der Waals surface area contributed by atoms with E-state index >= 15 is 0 Å². The van der Waals surface area contributed by atoms with Crippen LogP contribution in [0.3, 0.4) is 0 Å². The minimum Gasteiger partial charge on any atom is -0.496 e. The second-order valence-electron chi connectivity index (χ2n) is 5.59. The van der Waals surface area contributed by atoms with Crippen molar-refractivity contribution >= 4 is 27.0 Å². The topological polar surface area (TPSA) is 61.4 Å². The lowest BCUT2D eigenvalue weighted by atomic mass is 10.2. The van der Waals surface area contributed by atoms with Crippen molar-refractivity contribution in [2.75, 3.05) is 20.3 Å². The van der Waals surface area contributed by atoms with Gasteiger partial charge in [-0.05, 0) is 24.3 Å². The van der Waals surface area contributed by atoms with Gasteiger partial charge >= 0.3 is 0 Å². The minimum atomic E-state index is 0.0981. The third-order valence-electron chi connectivity index (χ3n) is 3.87. The number of ether oxygens (including phenoxy) is 1. The summed E-state index contributed by atoms with van der Waals surface area (Å²) >= 11 is 3.47. The summed E-state index contributed by atoms with van der Waals surface area (Å²) in [5.74, 6) is 1.74. The maximum atomic E-state index is 9.39. The summed E-state index contributed by atoms with van der Waals surface area (Å²) < 4.78 is 6.44. The molecule has 2 N–H and O–H groups in total. The van der Waals surface area contributed by atoms with E-state index in [1.807, 2.05) is 42.5 Å². The second-order valence-corrected chi connectivity index (χ2v) is 6.51. The molecular weight excluding hydrogens is 370 g/mol. The largest absolute Gasteiger partial charge is 0.496 e. The molecule has 3 aromatic rings. The Morgan fingerprint density at radius 3 is 2.83 bits per heavy atom. The molecule has 0 saturated carbocycles. The SMILES string of the molecule is COc1ccccc1CN(CCO)Cc1nc2ccc(Br)cc2[nH]1. The Hall–Kier alpha value is -1.89. The van der Waals surface area contributed by atoms with Gasteiger partial charge in [-0.1, -0.05) is 34.1 Å². The number of hydrogen-bond acceptors (Lipinski definition) is 4. The Morgan fingerprint density at radius 1 is 1.21 bits per heavy atom. The number of fused-ring (bicyclic) bond motifs is 1. The van der Waals surface area contributed by atoms with Gasteiger partial charge in [0.1, 0.15) is 11.6 Å². The molecule has 0 aliphatic heterocycles. The first-order valence-electron chi connectivity index (χ1n) is 7.79. The second kappa shape index (κ2) is 7.79. The Morgan fingerprint density at radius 2 is 2.04 bits per heavy atom. The summed E-state index contributed by atoms with van der Waals surface area (Å²) in [4.78, 5) is 10.1. The van der Waals surface area contributed by atoms with Gasteiger partial charge in [0, 0.05) is 23.1 Å². The van der Waals surface area contributed by atoms with Crippen molar-refractivity contribution in [1.29, 1.82) is 0 Å². The van der Waals surface area contributed by atoms with Crippen molar-refractivity contribution in [3.05, 3.63) is 58.3 Å². The van der Waals surface area contributed by atoms with Gasteiger partial charge in [0.15, 0.2) is 0 Å². The zero-order valence-electron chi connectivity index (χ0n) is 13.5. The van der Waals surface area contributed by atoms with Gasteiger partial charge in [-0.3, -0.25) is 4.90 Å². The van der Waals surface area contributed by atoms with Crippen molar-refractivity contribution in [3.63, 3.8) is 0 Å². The maximum absolute atomic E-state index is 9.39. The van der Waals surface area contributed by atoms with Gasteiger partial charge in [-0.25, -0.2) is 4.98 Å². The molecule has 24 heavy (non-hydrogen) atoms. The fourth-order valence-electron chi connectivity index (χ4n) is 2.75. The van der Waals surface area contributed by atoms with Gasteiger partial charge in [-0.2, -0.15) is 0 Å². The average Bonchev–Trinajstić information content (AvgIpc) is 2.97. The van der Waals surface area contributed by atoms with Crippen LogP contribution in [0.5, 0.6) is 5.75 Å². The number of aromatic amines is 1. The van der Waals surface area contributed by atoms with E-state index in [2.05, 4.69) is 30.8 Å². The molecule has 0 atom stereocenters. The van der Waals surface area contributed by atoms with E-state index in [0.717, 1.165) is 32.6 Å². The summed E-state index contributed by atoms with van der Waals surface area (Å²) in [7, 11) is 1.67. The van der Waals surface area contributed by atoms with E-state index in [-0.39, 0.29) is 6.61 Å². The summed E-state index contributed by atoms with van der Waals surface area (Å²) in [5, 5.41) is 9.39. The predicted molar refractivity (Wildman–Crippen MR) is 98.0 cm³/mol. The summed E-state index contributed by atoms with van der Waals surface area (Å²) in [6, 6.07) is 13.9. The third kappa shape index (κ3) is 3.95. The van der Waals surface area contributed by atoms with Crippen LogP contribution in [0.2, 0.25) is 0 Å². The number of H-pyrrole nitrogens is 1. The molecule has 0 unspecified atom stereocenters. The minimum absolute atomic E-state index is 0.0981. The maximum Gasteiger partial charge on any atom is 0.123 e. The molecule has 1 heterocycles. The molecule has 0 amide bonds. The fraction of sp³-hybridized carbons (Fsp3) is 0.278. The molecule has 0 radical (unpaired) electrons. The lowest BCUT2D eigenvalue weighted by molar-refractivity contribution is 0.180. The lowest BCUT2D eigenvalue weighted by Crippen LogP contribution is -2.26. The number of para-hydroxylation sites is 1. The fourth-order valence-corrected chi connectivity index (χ4v) is 3.11. The Bertz CT molecular complexity index is 819. The van der Waals surface area contributed by atoms with Gasteiger partial charge in [0.25, 0.3) is 0 Å². The van der Waals surface area contributed by atoms with E-state index in [0.29, 0.717) is 19.6 Å². The number of aromatic nitrogens is 2. The number of methoxy groups -OCH3 is 1. The number of hydrogen-bond donors (Lipinski definition) is 2. The van der Waals surface area contributed by atoms with Crippen molar-refractivity contribution in [1.82, 2.24) is 14.9 Å². The molecule has 0 saturated heterocycles. The molecule has 2 aromatic carbocycles. The highest BCUT2D eigenvalue weighted by Gasteiger charge is 2.12. The number of rotatable bonds is 7. The van der Waals surface area contributed by atoms with Gasteiger partial charge in [-0.15, -0.1) is 0 Å². The highest BCUT2D eigenvalue weighted by molar-refractivity contribution is 9.10. The van der Waals surface area contributed by atoms with E-state index < -0.39 is 0 Å². The Kier molecular flexibility index (Phi) is 5.50. The Labute approximate surface area is 149 Å². The first kappa shape index (κ1) is 17.0. The predicted octanol–water partition coefficient (Wildman–Crippen LogP) is 3.33. The average molecular weight is 390 g/mol. The number of halogens is 1. The first-order chi connectivity index (χ1) is 11.7. The van der Waals surface area contributed by atoms with Crippen LogP contribution in [0.1, 0.15) is 11.4 Å². The zero-order chi connectivity index (χ0) is 16.9. The van der Waals surface area contributed by atoms with Crippen molar-refractivity contribution in [2.45, 2.75) is 13.1 Å². The van der Waals surface area contributed by atoms with Crippen molar-refractivity contribution in [3.8, 4) is 5.75 Å². The summed E-state index contributed by atoms with van der Waals surface area (Å²) in [6.07, 6.45) is 0. The molecule has 5 nitrogen and oxygen atoms in total. The molecule has 0 bridgehead atoms. The van der Waals surface area contributed by atoms with E-state index in [1.54, 1.807) is 7.11 Å². The number of nitrogens with zero attached hydrogens (tertiary/aromatic N) is 2. The van der Waals surface area contributed by atoms with Crippen LogP contribution in [0.4, 0.5) is 0 Å². The first-order valence-corrected chi connectivity index (χ1v) is 8.58. The van der Waals surface area contributed by atoms with E-state index in [1.165, 1.54) is 0 Å². The molecule has 1 aromatic heterocycles. The monoisotopic (exact) mass is 389 g/mol. The van der Waals surface area contributed by atoms with Crippen LogP contribution in [0, 0.1) is 0 Å². The number of benzene rings is 2. The quantitative estimate of drug-likeness (QED) is 0.650. The molecule has 0 aliphatic rings. The van der Waals surface area contributed by atoms with E-state index in [9.17, 15) is 5.11 Å². The molecule has 3 rings (SSSR count). The van der Waals surface area contributed by atoms with Crippen LogP contribution in [-0.2, 0) is 13.1 Å². The molecular formula is C18H20BrN3O2. The van der Waals surface area contributed by atoms with Crippen LogP contribution < -0.4 is 4.74 Å². The smallest absolute Gasteiger partial charge is 0.123 e. The zero-order valence-corrected chi connectivity index (χ0v) is 15.1. The van der Waals surface area contributed by atoms with Gasteiger partial charge in [0.2, 0.25) is 0 Å². The van der Waals surface area contributed by atoms with Crippen LogP contribution in [-0.4, -0.2) is 40.2 Å². The summed E-state index contributed by atoms with van der Waals surface area (Å²) in [5.41, 5.74) is 3.03. The van der Waals surface area contributed by atoms with Crippen molar-refractivity contribution in [2.24, 2.45) is 0 Å². The van der Waals surface area contributed by atoms with Crippen LogP contribution in [0.25, 0.3) is 11.0 Å². The standard InChI is InChI=1S/C18H20BrN3O2/c1-24-17-5-3-2-4-13(17)11-22(8-9-23)12-18-20-15-7-6-14(19)10-16(15)21-18/h2-7,10,23H,8-9,11-12H2,1H3,(H,20,21). The van der Waals surface area contributed by atoms with E-state index in [4.69, 9.17) is 4.74 Å². The third-order valence-corrected chi connectivity index (χ3v) is 4.36. The number of nitrogens with one attached hydrogen (secondary N) is 1. The molecule has 0 aliphatic carbocycles. The normalized spacial score (nSPS) is 11.3. The van der Waals surface area contributed by atoms with Gasteiger partial charge < -0.3 is 14.8 Å². The van der Waals surface area contributed by atoms with Crippen molar-refractivity contribution < 1.29 is 9.84 Å². The van der Waals surface area contributed by atoms with Crippen LogP contribution in [0.15, 0.2) is 46.9 Å². The number of aliphatic hydroxyl groups is 1. The molecule has 0 spiro atoms. The molecule has 0 fully saturated rings. The molecule has 126 valence electrons. The lowest BCUT2D eigenvalue weighted by Gasteiger charge is -2.21. The van der Waals surface area contributed by atoms with Gasteiger partial charge in [0.05, 0.1) is 31.3 Å². The highest BCUT2D eigenvalue weighted by atomic mass is 79.9. The van der Waals surface area contributed by atoms with Crippen LogP contribution >= 0.6 is 15.9 Å². The summed E-state index contributed by atoms with van der Waals surface area (Å²) in [6.45, 7) is 1.98. The Balaban J connectivity index is 1.79.